The predicted molar refractivity (Wildman–Crippen MR) is 96.4 cm³/mol. The number of hydrogen-bond acceptors (Lipinski definition) is 2. The maximum atomic E-state index is 12.1. The maximum Gasteiger partial charge on any atom is 0.185 e. The van der Waals surface area contributed by atoms with Crippen LogP contribution in [0, 0.1) is 6.92 Å². The Labute approximate surface area is 143 Å². The van der Waals surface area contributed by atoms with Crippen LogP contribution in [-0.4, -0.2) is 5.78 Å². The largest absolute Gasteiger partial charge is 0.457 e. The van der Waals surface area contributed by atoms with Crippen LogP contribution in [0.4, 0.5) is 0 Å². The summed E-state index contributed by atoms with van der Waals surface area (Å²) in [5.41, 5.74) is 2.80. The van der Waals surface area contributed by atoms with E-state index in [0.29, 0.717) is 11.3 Å². The summed E-state index contributed by atoms with van der Waals surface area (Å²) in [4.78, 5) is 12.1. The molecule has 0 unspecified atom stereocenters. The van der Waals surface area contributed by atoms with Crippen LogP contribution in [0.25, 0.3) is 17.4 Å². The molecular weight excluding hydrogens is 352 g/mol. The number of allylic oxidation sites excluding steroid dienone is 1. The summed E-state index contributed by atoms with van der Waals surface area (Å²) in [7, 11) is 0. The Morgan fingerprint density at radius 2 is 1.83 bits per heavy atom. The molecule has 0 aliphatic carbocycles. The van der Waals surface area contributed by atoms with Crippen molar-refractivity contribution in [1.29, 1.82) is 0 Å². The van der Waals surface area contributed by atoms with Gasteiger partial charge in [0.1, 0.15) is 11.5 Å². The maximum absolute atomic E-state index is 12.1. The fourth-order valence-electron chi connectivity index (χ4n) is 2.21. The smallest absolute Gasteiger partial charge is 0.185 e. The van der Waals surface area contributed by atoms with Crippen molar-refractivity contribution in [2.45, 2.75) is 6.92 Å². The second-order valence-electron chi connectivity index (χ2n) is 5.28. The Balaban J connectivity index is 1.76. The zero-order valence-electron chi connectivity index (χ0n) is 12.6. The van der Waals surface area contributed by atoms with Crippen molar-refractivity contribution in [1.82, 2.24) is 0 Å². The van der Waals surface area contributed by atoms with E-state index in [1.807, 2.05) is 67.6 Å². The first-order valence-electron chi connectivity index (χ1n) is 7.27. The first-order valence-corrected chi connectivity index (χ1v) is 8.06. The molecule has 0 N–H and O–H groups in total. The SMILES string of the molecule is Cc1ccc(C(=O)C=Cc2ccc(-c3cccc(Br)c3)o2)cc1. The minimum absolute atomic E-state index is 0.0367. The van der Waals surface area contributed by atoms with E-state index in [0.717, 1.165) is 21.4 Å². The number of ketones is 1. The molecule has 23 heavy (non-hydrogen) atoms. The van der Waals surface area contributed by atoms with Crippen molar-refractivity contribution < 1.29 is 9.21 Å². The van der Waals surface area contributed by atoms with Gasteiger partial charge < -0.3 is 4.42 Å². The molecule has 3 aromatic rings. The van der Waals surface area contributed by atoms with Crippen molar-refractivity contribution in [3.8, 4) is 11.3 Å². The summed E-state index contributed by atoms with van der Waals surface area (Å²) in [5.74, 6) is 1.39. The third-order valence-corrected chi connectivity index (χ3v) is 3.96. The van der Waals surface area contributed by atoms with Crippen LogP contribution in [0.5, 0.6) is 0 Å². The van der Waals surface area contributed by atoms with Gasteiger partial charge in [-0.2, -0.15) is 0 Å². The minimum Gasteiger partial charge on any atom is -0.457 e. The normalized spacial score (nSPS) is 11.0. The van der Waals surface area contributed by atoms with Crippen molar-refractivity contribution in [3.63, 3.8) is 0 Å². The van der Waals surface area contributed by atoms with Gasteiger partial charge in [-0.15, -0.1) is 0 Å². The van der Waals surface area contributed by atoms with Crippen LogP contribution in [0.2, 0.25) is 0 Å². The van der Waals surface area contributed by atoms with Crippen LogP contribution in [0.3, 0.4) is 0 Å². The fraction of sp³-hybridized carbons (Fsp3) is 0.0500. The molecule has 0 amide bonds. The summed E-state index contributed by atoms with van der Waals surface area (Å²) in [6.07, 6.45) is 3.23. The lowest BCUT2D eigenvalue weighted by atomic mass is 10.1. The van der Waals surface area contributed by atoms with Gasteiger partial charge in [-0.3, -0.25) is 4.79 Å². The van der Waals surface area contributed by atoms with E-state index >= 15 is 0 Å². The molecule has 0 aliphatic rings. The lowest BCUT2D eigenvalue weighted by Crippen LogP contribution is -1.93. The third kappa shape index (κ3) is 3.88. The highest BCUT2D eigenvalue weighted by Gasteiger charge is 2.05. The van der Waals surface area contributed by atoms with Crippen molar-refractivity contribution in [3.05, 3.63) is 88.1 Å². The molecule has 0 atom stereocenters. The second kappa shape index (κ2) is 6.80. The van der Waals surface area contributed by atoms with Crippen LogP contribution in [0.1, 0.15) is 21.7 Å². The Morgan fingerprint density at radius 3 is 2.57 bits per heavy atom. The topological polar surface area (TPSA) is 30.2 Å². The van der Waals surface area contributed by atoms with E-state index in [9.17, 15) is 4.79 Å². The summed E-state index contributed by atoms with van der Waals surface area (Å²) < 4.78 is 6.77. The third-order valence-electron chi connectivity index (χ3n) is 3.47. The van der Waals surface area contributed by atoms with Gasteiger partial charge in [0.25, 0.3) is 0 Å². The van der Waals surface area contributed by atoms with E-state index in [1.54, 1.807) is 6.08 Å². The molecule has 0 fully saturated rings. The van der Waals surface area contributed by atoms with Gasteiger partial charge >= 0.3 is 0 Å². The van der Waals surface area contributed by atoms with Gasteiger partial charge in [0.05, 0.1) is 0 Å². The Kier molecular flexibility index (Phi) is 4.58. The van der Waals surface area contributed by atoms with Crippen molar-refractivity contribution in [2.24, 2.45) is 0 Å². The number of aryl methyl sites for hydroxylation is 1. The van der Waals surface area contributed by atoms with E-state index in [-0.39, 0.29) is 5.78 Å². The standard InChI is InChI=1S/C20H15BrO2/c1-14-5-7-15(8-6-14)19(22)11-9-18-10-12-20(23-18)16-3-2-4-17(21)13-16/h2-13H,1H3. The molecule has 0 radical (unpaired) electrons. The molecule has 2 nitrogen and oxygen atoms in total. The van der Waals surface area contributed by atoms with Gasteiger partial charge in [-0.1, -0.05) is 57.9 Å². The predicted octanol–water partition coefficient (Wildman–Crippen LogP) is 5.91. The highest BCUT2D eigenvalue weighted by atomic mass is 79.9. The first kappa shape index (κ1) is 15.5. The highest BCUT2D eigenvalue weighted by molar-refractivity contribution is 9.10. The van der Waals surface area contributed by atoms with Crippen molar-refractivity contribution in [2.75, 3.05) is 0 Å². The molecule has 3 rings (SSSR count). The number of halogens is 1. The highest BCUT2D eigenvalue weighted by Crippen LogP contribution is 2.25. The number of furan rings is 1. The number of benzene rings is 2. The Bertz CT molecular complexity index is 857. The first-order chi connectivity index (χ1) is 11.1. The van der Waals surface area contributed by atoms with Crippen LogP contribution < -0.4 is 0 Å². The molecule has 1 heterocycles. The summed E-state index contributed by atoms with van der Waals surface area (Å²) in [6, 6.07) is 19.2. The Morgan fingerprint density at radius 1 is 1.04 bits per heavy atom. The lowest BCUT2D eigenvalue weighted by Gasteiger charge is -1.97. The average Bonchev–Trinajstić information content (AvgIpc) is 3.02. The zero-order valence-corrected chi connectivity index (χ0v) is 14.2. The minimum atomic E-state index is -0.0367. The zero-order chi connectivity index (χ0) is 16.2. The monoisotopic (exact) mass is 366 g/mol. The van der Waals surface area contributed by atoms with Gasteiger partial charge in [-0.05, 0) is 43.3 Å². The molecule has 1 aromatic heterocycles. The van der Waals surface area contributed by atoms with E-state index < -0.39 is 0 Å². The molecule has 0 aliphatic heterocycles. The fourth-order valence-corrected chi connectivity index (χ4v) is 2.61. The van der Waals surface area contributed by atoms with Crippen LogP contribution in [0.15, 0.2) is 75.6 Å². The summed E-state index contributed by atoms with van der Waals surface area (Å²) in [6.45, 7) is 2.00. The quantitative estimate of drug-likeness (QED) is 0.424. The summed E-state index contributed by atoms with van der Waals surface area (Å²) >= 11 is 3.45. The van der Waals surface area contributed by atoms with E-state index in [2.05, 4.69) is 15.9 Å². The second-order valence-corrected chi connectivity index (χ2v) is 6.19. The lowest BCUT2D eigenvalue weighted by molar-refractivity contribution is 0.104. The van der Waals surface area contributed by atoms with Gasteiger partial charge in [0, 0.05) is 15.6 Å². The molecule has 3 heteroatoms. The molecule has 114 valence electrons. The number of carbonyl (C=O) groups is 1. The average molecular weight is 367 g/mol. The van der Waals surface area contributed by atoms with Crippen molar-refractivity contribution >= 4 is 27.8 Å². The molecule has 0 bridgehead atoms. The molecular formula is C20H15BrO2. The van der Waals surface area contributed by atoms with Gasteiger partial charge in [-0.25, -0.2) is 0 Å². The van der Waals surface area contributed by atoms with Crippen LogP contribution in [-0.2, 0) is 0 Å². The van der Waals surface area contributed by atoms with Gasteiger partial charge in [0.15, 0.2) is 5.78 Å². The molecule has 0 saturated carbocycles. The number of hydrogen-bond donors (Lipinski definition) is 0. The van der Waals surface area contributed by atoms with Crippen LogP contribution >= 0.6 is 15.9 Å². The number of rotatable bonds is 4. The van der Waals surface area contributed by atoms with E-state index in [1.165, 1.54) is 6.08 Å². The molecule has 0 spiro atoms. The summed E-state index contributed by atoms with van der Waals surface area (Å²) in [5, 5.41) is 0. The van der Waals surface area contributed by atoms with E-state index in [4.69, 9.17) is 4.42 Å². The van der Waals surface area contributed by atoms with Gasteiger partial charge in [0.2, 0.25) is 0 Å². The molecule has 0 saturated heterocycles. The number of carbonyl (C=O) groups excluding carboxylic acids is 1. The Hall–Kier alpha value is -2.39. The molecule has 2 aromatic carbocycles.